The fourth-order valence-corrected chi connectivity index (χ4v) is 3.65. The van der Waals surface area contributed by atoms with Crippen LogP contribution in [0.3, 0.4) is 0 Å². The molecule has 0 aromatic heterocycles. The monoisotopic (exact) mass is 434 g/mol. The Balaban J connectivity index is 2.27. The normalized spacial score (nSPS) is 11.1. The van der Waals surface area contributed by atoms with Crippen LogP contribution in [-0.4, -0.2) is 46.3 Å². The summed E-state index contributed by atoms with van der Waals surface area (Å²) in [5, 5.41) is 2.66. The van der Waals surface area contributed by atoms with E-state index >= 15 is 0 Å². The van der Waals surface area contributed by atoms with E-state index < -0.39 is 28.4 Å². The van der Waals surface area contributed by atoms with Gasteiger partial charge in [0.2, 0.25) is 15.9 Å². The number of methoxy groups -OCH3 is 1. The molecular formula is C21H26N2O6S. The number of carbonyl (C=O) groups is 2. The predicted molar refractivity (Wildman–Crippen MR) is 116 cm³/mol. The molecule has 0 saturated carbocycles. The van der Waals surface area contributed by atoms with Gasteiger partial charge in [-0.15, -0.1) is 0 Å². The van der Waals surface area contributed by atoms with Crippen LogP contribution in [-0.2, 0) is 19.6 Å². The number of ether oxygens (including phenoxy) is 2. The van der Waals surface area contributed by atoms with Gasteiger partial charge in [0, 0.05) is 11.8 Å². The lowest BCUT2D eigenvalue weighted by molar-refractivity contribution is -0.114. The van der Waals surface area contributed by atoms with Gasteiger partial charge in [-0.05, 0) is 50.6 Å². The number of carbonyl (C=O) groups excluding carboxylic acids is 2. The summed E-state index contributed by atoms with van der Waals surface area (Å²) in [6, 6.07) is 11.3. The molecule has 0 aliphatic carbocycles. The van der Waals surface area contributed by atoms with Gasteiger partial charge < -0.3 is 14.8 Å². The van der Waals surface area contributed by atoms with Gasteiger partial charge in [-0.25, -0.2) is 13.2 Å². The summed E-state index contributed by atoms with van der Waals surface area (Å²) in [7, 11) is -2.47. The van der Waals surface area contributed by atoms with Crippen molar-refractivity contribution in [2.75, 3.05) is 29.5 Å². The molecule has 0 fully saturated rings. The van der Waals surface area contributed by atoms with Gasteiger partial charge in [0.1, 0.15) is 12.3 Å². The third-order valence-corrected chi connectivity index (χ3v) is 5.32. The summed E-state index contributed by atoms with van der Waals surface area (Å²) in [4.78, 5) is 24.5. The minimum atomic E-state index is -3.74. The Kier molecular flexibility index (Phi) is 7.44. The zero-order valence-corrected chi connectivity index (χ0v) is 18.4. The molecule has 2 rings (SSSR count). The molecule has 30 heavy (non-hydrogen) atoms. The number of amides is 1. The summed E-state index contributed by atoms with van der Waals surface area (Å²) >= 11 is 0. The van der Waals surface area contributed by atoms with Crippen LogP contribution < -0.4 is 14.4 Å². The molecule has 2 aromatic rings. The largest absolute Gasteiger partial charge is 0.491 e. The summed E-state index contributed by atoms with van der Waals surface area (Å²) in [6.07, 6.45) is 0.944. The number of nitrogens with zero attached hydrogens (tertiary/aromatic N) is 1. The minimum absolute atomic E-state index is 0.0831. The number of hydrogen-bond acceptors (Lipinski definition) is 6. The van der Waals surface area contributed by atoms with Gasteiger partial charge in [0.15, 0.2) is 0 Å². The fourth-order valence-electron chi connectivity index (χ4n) is 2.81. The second kappa shape index (κ2) is 9.62. The molecule has 0 saturated heterocycles. The molecule has 0 atom stereocenters. The van der Waals surface area contributed by atoms with Crippen LogP contribution in [0, 0.1) is 6.92 Å². The van der Waals surface area contributed by atoms with Gasteiger partial charge >= 0.3 is 5.97 Å². The fraction of sp³-hybridized carbons (Fsp3) is 0.333. The summed E-state index contributed by atoms with van der Waals surface area (Å²) in [6.45, 7) is 4.95. The smallest absolute Gasteiger partial charge is 0.338 e. The molecule has 1 amide bonds. The maximum Gasteiger partial charge on any atom is 0.338 e. The first-order valence-corrected chi connectivity index (χ1v) is 11.1. The molecule has 0 aliphatic rings. The second-order valence-electron chi connectivity index (χ2n) is 6.95. The van der Waals surface area contributed by atoms with E-state index in [0.717, 1.165) is 10.6 Å². The summed E-state index contributed by atoms with van der Waals surface area (Å²) < 4.78 is 36.0. The standard InChI is InChI=1S/C21H26N2O6S/c1-14(2)29-17-9-6-8-16(12-17)23(30(5,26)27)13-20(24)22-19-11-7-10-18(15(19)3)21(25)28-4/h6-12,14H,13H2,1-5H3,(H,22,24). The molecule has 0 heterocycles. The van der Waals surface area contributed by atoms with E-state index in [2.05, 4.69) is 5.32 Å². The quantitative estimate of drug-likeness (QED) is 0.641. The van der Waals surface area contributed by atoms with Crippen LogP contribution in [0.1, 0.15) is 29.8 Å². The minimum Gasteiger partial charge on any atom is -0.491 e. The highest BCUT2D eigenvalue weighted by atomic mass is 32.2. The van der Waals surface area contributed by atoms with Gasteiger partial charge in [-0.2, -0.15) is 0 Å². The lowest BCUT2D eigenvalue weighted by atomic mass is 10.1. The first-order valence-electron chi connectivity index (χ1n) is 9.25. The van der Waals surface area contributed by atoms with Crippen molar-refractivity contribution in [1.29, 1.82) is 0 Å². The first-order chi connectivity index (χ1) is 14.0. The first kappa shape index (κ1) is 23.2. The molecule has 0 unspecified atom stereocenters. The van der Waals surface area contributed by atoms with Crippen molar-refractivity contribution >= 4 is 33.3 Å². The third-order valence-electron chi connectivity index (χ3n) is 4.18. The van der Waals surface area contributed by atoms with E-state index in [0.29, 0.717) is 28.3 Å². The third kappa shape index (κ3) is 5.96. The zero-order chi connectivity index (χ0) is 22.5. The van der Waals surface area contributed by atoms with Crippen LogP contribution in [0.4, 0.5) is 11.4 Å². The number of rotatable bonds is 8. The number of benzene rings is 2. The maximum atomic E-state index is 12.6. The van der Waals surface area contributed by atoms with E-state index in [1.165, 1.54) is 7.11 Å². The zero-order valence-electron chi connectivity index (χ0n) is 17.6. The second-order valence-corrected chi connectivity index (χ2v) is 8.86. The molecule has 8 nitrogen and oxygen atoms in total. The van der Waals surface area contributed by atoms with Crippen molar-refractivity contribution in [3.8, 4) is 5.75 Å². The van der Waals surface area contributed by atoms with Gasteiger partial charge in [-0.3, -0.25) is 9.10 Å². The molecule has 0 spiro atoms. The summed E-state index contributed by atoms with van der Waals surface area (Å²) in [5.74, 6) is -0.581. The summed E-state index contributed by atoms with van der Waals surface area (Å²) in [5.41, 5.74) is 1.55. The number of esters is 1. The highest BCUT2D eigenvalue weighted by Gasteiger charge is 2.22. The Hall–Kier alpha value is -3.07. The highest BCUT2D eigenvalue weighted by Crippen LogP contribution is 2.25. The van der Waals surface area contributed by atoms with Crippen LogP contribution in [0.15, 0.2) is 42.5 Å². The number of sulfonamides is 1. The average Bonchev–Trinajstić information content (AvgIpc) is 2.66. The molecule has 0 aliphatic heterocycles. The van der Waals surface area contributed by atoms with E-state index in [-0.39, 0.29) is 6.10 Å². The Morgan fingerprint density at radius 3 is 2.40 bits per heavy atom. The number of nitrogens with one attached hydrogen (secondary N) is 1. The Bertz CT molecular complexity index is 1030. The lowest BCUT2D eigenvalue weighted by Crippen LogP contribution is -2.37. The van der Waals surface area contributed by atoms with Gasteiger partial charge in [-0.1, -0.05) is 12.1 Å². The Morgan fingerprint density at radius 2 is 1.80 bits per heavy atom. The van der Waals surface area contributed by atoms with Crippen molar-refractivity contribution in [2.45, 2.75) is 26.9 Å². The molecule has 0 bridgehead atoms. The number of anilines is 2. The van der Waals surface area contributed by atoms with Crippen molar-refractivity contribution in [3.05, 3.63) is 53.6 Å². The Labute approximate surface area is 176 Å². The van der Waals surface area contributed by atoms with Crippen LogP contribution in [0.5, 0.6) is 5.75 Å². The van der Waals surface area contributed by atoms with Gasteiger partial charge in [0.25, 0.3) is 0 Å². The molecule has 9 heteroatoms. The van der Waals surface area contributed by atoms with E-state index in [4.69, 9.17) is 9.47 Å². The molecule has 0 radical (unpaired) electrons. The maximum absolute atomic E-state index is 12.6. The average molecular weight is 435 g/mol. The highest BCUT2D eigenvalue weighted by molar-refractivity contribution is 7.92. The van der Waals surface area contributed by atoms with E-state index in [1.807, 2.05) is 13.8 Å². The number of hydrogen-bond donors (Lipinski definition) is 1. The van der Waals surface area contributed by atoms with E-state index in [9.17, 15) is 18.0 Å². The van der Waals surface area contributed by atoms with Crippen molar-refractivity contribution in [2.24, 2.45) is 0 Å². The molecular weight excluding hydrogens is 408 g/mol. The topological polar surface area (TPSA) is 102 Å². The van der Waals surface area contributed by atoms with Crippen LogP contribution in [0.2, 0.25) is 0 Å². The molecule has 2 aromatic carbocycles. The van der Waals surface area contributed by atoms with E-state index in [1.54, 1.807) is 49.4 Å². The van der Waals surface area contributed by atoms with Crippen LogP contribution in [0.25, 0.3) is 0 Å². The molecule has 162 valence electrons. The predicted octanol–water partition coefficient (Wildman–Crippen LogP) is 2.97. The van der Waals surface area contributed by atoms with Crippen molar-refractivity contribution < 1.29 is 27.5 Å². The molecule has 1 N–H and O–H groups in total. The lowest BCUT2D eigenvalue weighted by Gasteiger charge is -2.23. The van der Waals surface area contributed by atoms with Crippen molar-refractivity contribution in [3.63, 3.8) is 0 Å². The SMILES string of the molecule is COC(=O)c1cccc(NC(=O)CN(c2cccc(OC(C)C)c2)S(C)(=O)=O)c1C. The van der Waals surface area contributed by atoms with Crippen LogP contribution >= 0.6 is 0 Å². The van der Waals surface area contributed by atoms with Crippen molar-refractivity contribution in [1.82, 2.24) is 0 Å². The Morgan fingerprint density at radius 1 is 1.13 bits per heavy atom. The van der Waals surface area contributed by atoms with Gasteiger partial charge in [0.05, 0.1) is 30.7 Å².